The molecule has 0 aliphatic carbocycles. The normalized spacial score (nSPS) is 14.8. The van der Waals surface area contributed by atoms with Crippen molar-refractivity contribution in [3.63, 3.8) is 0 Å². The van der Waals surface area contributed by atoms with Gasteiger partial charge in [-0.2, -0.15) is 0 Å². The summed E-state index contributed by atoms with van der Waals surface area (Å²) in [4.78, 5) is 48.8. The standard InChI is InChI=1S/C29H45NO11/c1-9-10-13-36-27(33)37-15-18(6)24(25(30)26(31)32)21-11-12-22(40-28(34)38-19(7)16(2)3)23(14-21)41-29(35)39-20(8)17(4)5/h11-12,14,16-20,24-25H,9-10,13,15,30H2,1-8H3,(H,31,32)/t18?,19?,20?,24?,25-/m0/s1. The summed E-state index contributed by atoms with van der Waals surface area (Å²) in [5.41, 5.74) is 6.37. The van der Waals surface area contributed by atoms with Gasteiger partial charge in [-0.25, -0.2) is 14.4 Å². The van der Waals surface area contributed by atoms with Gasteiger partial charge in [0.25, 0.3) is 0 Å². The molecule has 0 saturated carbocycles. The van der Waals surface area contributed by atoms with Crippen molar-refractivity contribution >= 4 is 24.4 Å². The van der Waals surface area contributed by atoms with Crippen molar-refractivity contribution in [2.24, 2.45) is 23.5 Å². The van der Waals surface area contributed by atoms with Gasteiger partial charge < -0.3 is 39.3 Å². The minimum absolute atomic E-state index is 0.00422. The Hall–Kier alpha value is -3.54. The zero-order chi connectivity index (χ0) is 31.3. The number of benzene rings is 1. The van der Waals surface area contributed by atoms with Gasteiger partial charge in [-0.3, -0.25) is 4.79 Å². The number of carbonyl (C=O) groups excluding carboxylic acids is 3. The van der Waals surface area contributed by atoms with Gasteiger partial charge in [-0.1, -0.05) is 54.0 Å². The van der Waals surface area contributed by atoms with Crippen molar-refractivity contribution in [3.8, 4) is 11.5 Å². The third kappa shape index (κ3) is 12.2. The molecule has 0 radical (unpaired) electrons. The Morgan fingerprint density at radius 3 is 1.83 bits per heavy atom. The average Bonchev–Trinajstić information content (AvgIpc) is 2.88. The smallest absolute Gasteiger partial charge is 0.480 e. The van der Waals surface area contributed by atoms with Crippen molar-refractivity contribution in [2.45, 2.75) is 92.4 Å². The van der Waals surface area contributed by atoms with Crippen LogP contribution in [0.3, 0.4) is 0 Å². The van der Waals surface area contributed by atoms with Gasteiger partial charge in [0.2, 0.25) is 0 Å². The highest BCUT2D eigenvalue weighted by Gasteiger charge is 2.33. The summed E-state index contributed by atoms with van der Waals surface area (Å²) in [6.45, 7) is 14.5. The van der Waals surface area contributed by atoms with Crippen molar-refractivity contribution in [1.29, 1.82) is 0 Å². The van der Waals surface area contributed by atoms with E-state index in [1.54, 1.807) is 20.8 Å². The Morgan fingerprint density at radius 2 is 1.34 bits per heavy atom. The lowest BCUT2D eigenvalue weighted by Crippen LogP contribution is -2.40. The lowest BCUT2D eigenvalue weighted by Gasteiger charge is -2.28. The van der Waals surface area contributed by atoms with Crippen LogP contribution in [0.25, 0.3) is 0 Å². The number of aliphatic carboxylic acids is 1. The van der Waals surface area contributed by atoms with Gasteiger partial charge in [-0.15, -0.1) is 0 Å². The number of hydrogen-bond donors (Lipinski definition) is 2. The molecule has 1 aromatic carbocycles. The van der Waals surface area contributed by atoms with Crippen molar-refractivity contribution in [2.75, 3.05) is 13.2 Å². The molecule has 1 aromatic rings. The van der Waals surface area contributed by atoms with E-state index in [0.717, 1.165) is 6.42 Å². The molecule has 0 aliphatic rings. The Kier molecular flexibility index (Phi) is 15.0. The number of hydrogen-bond acceptors (Lipinski definition) is 11. The zero-order valence-corrected chi connectivity index (χ0v) is 25.2. The Balaban J connectivity index is 3.34. The van der Waals surface area contributed by atoms with Gasteiger partial charge in [0.1, 0.15) is 18.2 Å². The minimum atomic E-state index is -1.42. The molecule has 3 N–H and O–H groups in total. The largest absolute Gasteiger partial charge is 0.514 e. The lowest BCUT2D eigenvalue weighted by molar-refractivity contribution is -0.139. The van der Waals surface area contributed by atoms with E-state index in [9.17, 15) is 24.3 Å². The number of unbranched alkanes of at least 4 members (excludes halogenated alkanes) is 1. The highest BCUT2D eigenvalue weighted by Crippen LogP contribution is 2.36. The number of carbonyl (C=O) groups is 4. The van der Waals surface area contributed by atoms with Crippen LogP contribution in [-0.2, 0) is 23.7 Å². The van der Waals surface area contributed by atoms with E-state index in [0.29, 0.717) is 12.0 Å². The topological polar surface area (TPSA) is 170 Å². The third-order valence-electron chi connectivity index (χ3n) is 6.65. The Morgan fingerprint density at radius 1 is 0.805 bits per heavy atom. The van der Waals surface area contributed by atoms with Crippen molar-refractivity contribution < 1.29 is 52.7 Å². The first-order chi connectivity index (χ1) is 19.2. The molecule has 232 valence electrons. The molecule has 1 rings (SSSR count). The van der Waals surface area contributed by atoms with Crippen LogP contribution in [0.1, 0.15) is 79.7 Å². The third-order valence-corrected chi connectivity index (χ3v) is 6.65. The van der Waals surface area contributed by atoms with Gasteiger partial charge in [0, 0.05) is 5.92 Å². The summed E-state index contributed by atoms with van der Waals surface area (Å²) < 4.78 is 31.4. The van der Waals surface area contributed by atoms with E-state index < -0.39 is 54.5 Å². The molecule has 41 heavy (non-hydrogen) atoms. The Labute approximate surface area is 241 Å². The van der Waals surface area contributed by atoms with Crippen LogP contribution in [0.5, 0.6) is 11.5 Å². The van der Waals surface area contributed by atoms with Crippen LogP contribution in [0.2, 0.25) is 0 Å². The first-order valence-electron chi connectivity index (χ1n) is 13.9. The van der Waals surface area contributed by atoms with E-state index in [1.165, 1.54) is 18.2 Å². The molecule has 12 heteroatoms. The predicted octanol–water partition coefficient (Wildman–Crippen LogP) is 5.89. The molecular formula is C29H45NO11. The van der Waals surface area contributed by atoms with Crippen molar-refractivity contribution in [1.82, 2.24) is 0 Å². The second-order valence-electron chi connectivity index (χ2n) is 10.7. The predicted molar refractivity (Wildman–Crippen MR) is 149 cm³/mol. The molecule has 0 aliphatic heterocycles. The van der Waals surface area contributed by atoms with Crippen LogP contribution < -0.4 is 15.2 Å². The minimum Gasteiger partial charge on any atom is -0.480 e. The maximum atomic E-state index is 12.6. The summed E-state index contributed by atoms with van der Waals surface area (Å²) in [6.07, 6.45) is -2.36. The molecule has 4 unspecified atom stereocenters. The lowest BCUT2D eigenvalue weighted by atomic mass is 9.82. The van der Waals surface area contributed by atoms with Gasteiger partial charge >= 0.3 is 24.4 Å². The maximum absolute atomic E-state index is 12.6. The fourth-order valence-electron chi connectivity index (χ4n) is 3.39. The van der Waals surface area contributed by atoms with Crippen LogP contribution in [0.15, 0.2) is 18.2 Å². The van der Waals surface area contributed by atoms with Gasteiger partial charge in [-0.05, 0) is 55.7 Å². The van der Waals surface area contributed by atoms with Gasteiger partial charge in [0.15, 0.2) is 11.5 Å². The van der Waals surface area contributed by atoms with Crippen LogP contribution in [-0.4, -0.2) is 61.0 Å². The van der Waals surface area contributed by atoms with Crippen LogP contribution in [0.4, 0.5) is 14.4 Å². The summed E-state index contributed by atoms with van der Waals surface area (Å²) in [5.74, 6) is -3.16. The van der Waals surface area contributed by atoms with E-state index in [2.05, 4.69) is 0 Å². The molecule has 0 saturated heterocycles. The second-order valence-corrected chi connectivity index (χ2v) is 10.7. The maximum Gasteiger partial charge on any atom is 0.514 e. The summed E-state index contributed by atoms with van der Waals surface area (Å²) in [5, 5.41) is 9.70. The van der Waals surface area contributed by atoms with Crippen LogP contribution >= 0.6 is 0 Å². The average molecular weight is 584 g/mol. The van der Waals surface area contributed by atoms with E-state index in [-0.39, 0.29) is 36.5 Å². The first-order valence-corrected chi connectivity index (χ1v) is 13.9. The zero-order valence-electron chi connectivity index (χ0n) is 25.2. The molecule has 0 bridgehead atoms. The molecular weight excluding hydrogens is 538 g/mol. The number of carboxylic acids is 1. The number of nitrogens with two attached hydrogens (primary N) is 1. The first kappa shape index (κ1) is 35.5. The molecule has 0 amide bonds. The summed E-state index contributed by atoms with van der Waals surface area (Å²) in [6, 6.07) is 2.72. The Bertz CT molecular complexity index is 1010. The van der Waals surface area contributed by atoms with Crippen molar-refractivity contribution in [3.05, 3.63) is 23.8 Å². The molecule has 0 heterocycles. The molecule has 0 aromatic heterocycles. The molecule has 5 atom stereocenters. The van der Waals surface area contributed by atoms with Gasteiger partial charge in [0.05, 0.1) is 13.2 Å². The molecule has 12 nitrogen and oxygen atoms in total. The highest BCUT2D eigenvalue weighted by molar-refractivity contribution is 5.75. The second kappa shape index (κ2) is 17.3. The number of ether oxygens (including phenoxy) is 6. The van der Waals surface area contributed by atoms with E-state index in [1.807, 2.05) is 34.6 Å². The fraction of sp³-hybridized carbons (Fsp3) is 0.655. The van der Waals surface area contributed by atoms with E-state index in [4.69, 9.17) is 34.2 Å². The quantitative estimate of drug-likeness (QED) is 0.109. The highest BCUT2D eigenvalue weighted by atomic mass is 16.8. The summed E-state index contributed by atoms with van der Waals surface area (Å²) >= 11 is 0. The molecule has 0 spiro atoms. The van der Waals surface area contributed by atoms with Crippen LogP contribution in [0, 0.1) is 17.8 Å². The molecule has 0 fully saturated rings. The fourth-order valence-corrected chi connectivity index (χ4v) is 3.39. The summed E-state index contributed by atoms with van der Waals surface area (Å²) in [7, 11) is 0. The monoisotopic (exact) mass is 583 g/mol. The number of carboxylic acid groups (broad SMARTS) is 1. The number of rotatable bonds is 15. The SMILES string of the molecule is CCCCOC(=O)OCC(C)C(c1ccc(OC(=O)OC(C)C(C)C)c(OC(=O)OC(C)C(C)C)c1)[C@H](N)C(=O)O. The van der Waals surface area contributed by atoms with E-state index >= 15 is 0 Å².